The SMILES string of the molecule is CCC(N/N=C(/CO)C(C)(C)C(=O)N=C(C)N)c1ccc(OC(F)(F)F)cc1.Cc1nc2c(c(CO)nn2C(C)c2c(F)cc(C(F)(F)F)cc2F)c(=O)[nH]1. The number of alkyl halides is 6. The molecule has 4 aromatic rings. The number of aromatic amines is 1. The Bertz CT molecular complexity index is 2080. The average Bonchev–Trinajstić information content (AvgIpc) is 3.44. The molecule has 2 atom stereocenters. The molecule has 55 heavy (non-hydrogen) atoms. The fraction of sp³-hybridized carbons (Fsp3) is 0.412. The third-order valence-corrected chi connectivity index (χ3v) is 8.06. The molecule has 1 amide bonds. The minimum Gasteiger partial charge on any atom is -0.406 e. The third kappa shape index (κ3) is 10.8. The number of benzene rings is 2. The van der Waals surface area contributed by atoms with Crippen LogP contribution in [0.5, 0.6) is 5.75 Å². The van der Waals surface area contributed by atoms with E-state index in [0.29, 0.717) is 12.0 Å². The lowest BCUT2D eigenvalue weighted by atomic mass is 9.86. The van der Waals surface area contributed by atoms with Crippen LogP contribution >= 0.6 is 0 Å². The fourth-order valence-electron chi connectivity index (χ4n) is 5.13. The van der Waals surface area contributed by atoms with Gasteiger partial charge in [-0.15, -0.1) is 13.2 Å². The van der Waals surface area contributed by atoms with Gasteiger partial charge in [-0.1, -0.05) is 19.1 Å². The average molecular weight is 791 g/mol. The summed E-state index contributed by atoms with van der Waals surface area (Å²) in [5.74, 6) is -3.41. The second-order valence-corrected chi connectivity index (χ2v) is 12.5. The van der Waals surface area contributed by atoms with Gasteiger partial charge in [-0.05, 0) is 70.9 Å². The van der Waals surface area contributed by atoms with Crippen molar-refractivity contribution in [3.05, 3.63) is 86.6 Å². The van der Waals surface area contributed by atoms with Crippen LogP contribution in [0.4, 0.5) is 35.1 Å². The van der Waals surface area contributed by atoms with Gasteiger partial charge in [0.25, 0.3) is 11.5 Å². The first-order valence-corrected chi connectivity index (χ1v) is 16.2. The number of aryl methyl sites for hydroxylation is 1. The summed E-state index contributed by atoms with van der Waals surface area (Å²) in [6.07, 6.45) is -9.11. The topological polar surface area (TPSA) is 193 Å². The lowest BCUT2D eigenvalue weighted by Gasteiger charge is -2.23. The van der Waals surface area contributed by atoms with Crippen molar-refractivity contribution in [2.75, 3.05) is 6.61 Å². The van der Waals surface area contributed by atoms with Gasteiger partial charge in [-0.3, -0.25) is 9.59 Å². The molecule has 300 valence electrons. The molecule has 0 fully saturated rings. The number of halogens is 8. The number of hydrogen-bond donors (Lipinski definition) is 5. The highest BCUT2D eigenvalue weighted by molar-refractivity contribution is 6.11. The van der Waals surface area contributed by atoms with Gasteiger partial charge in [0.15, 0.2) is 5.65 Å². The van der Waals surface area contributed by atoms with Crippen molar-refractivity contribution in [1.82, 2.24) is 25.2 Å². The second kappa shape index (κ2) is 17.4. The molecule has 0 saturated carbocycles. The van der Waals surface area contributed by atoms with E-state index in [2.05, 4.69) is 35.3 Å². The molecule has 2 aromatic heterocycles. The van der Waals surface area contributed by atoms with E-state index in [0.717, 1.165) is 4.68 Å². The number of rotatable bonds is 11. The van der Waals surface area contributed by atoms with Crippen molar-refractivity contribution in [2.45, 2.75) is 79.2 Å². The van der Waals surface area contributed by atoms with Crippen LogP contribution in [-0.4, -0.2) is 60.4 Å². The van der Waals surface area contributed by atoms with E-state index in [1.807, 2.05) is 6.92 Å². The maximum atomic E-state index is 14.3. The number of aromatic nitrogens is 4. The van der Waals surface area contributed by atoms with Crippen LogP contribution in [0.3, 0.4) is 0 Å². The number of nitrogens with one attached hydrogen (secondary N) is 2. The molecular weight excluding hydrogens is 752 g/mol. The Morgan fingerprint density at radius 2 is 1.65 bits per heavy atom. The number of nitrogens with two attached hydrogens (primary N) is 1. The highest BCUT2D eigenvalue weighted by Crippen LogP contribution is 2.34. The number of fused-ring (bicyclic) bond motifs is 1. The number of hydrazone groups is 1. The summed E-state index contributed by atoms with van der Waals surface area (Å²) < 4.78 is 108. The number of nitrogens with zero attached hydrogens (tertiary/aromatic N) is 5. The van der Waals surface area contributed by atoms with Crippen LogP contribution < -0.4 is 21.5 Å². The Kier molecular flexibility index (Phi) is 13.9. The van der Waals surface area contributed by atoms with Crippen LogP contribution in [0.2, 0.25) is 0 Å². The molecule has 0 aliphatic heterocycles. The van der Waals surface area contributed by atoms with Crippen LogP contribution in [0.1, 0.15) is 81.3 Å². The normalized spacial score (nSPS) is 14.0. The minimum atomic E-state index is -4.90. The van der Waals surface area contributed by atoms with Gasteiger partial charge in [0.05, 0.1) is 47.8 Å². The molecule has 2 heterocycles. The summed E-state index contributed by atoms with van der Waals surface area (Å²) in [6.45, 7) is 8.08. The summed E-state index contributed by atoms with van der Waals surface area (Å²) in [6, 6.07) is 4.17. The number of hydrogen-bond acceptors (Lipinski definition) is 9. The quantitative estimate of drug-likeness (QED) is 0.0546. The largest absolute Gasteiger partial charge is 0.573 e. The number of aliphatic imine (C=N–C) groups is 1. The van der Waals surface area contributed by atoms with Gasteiger partial charge in [0.2, 0.25) is 0 Å². The fourth-order valence-corrected chi connectivity index (χ4v) is 5.13. The Labute approximate surface area is 307 Å². The number of amidine groups is 1. The summed E-state index contributed by atoms with van der Waals surface area (Å²) in [5, 5.41) is 27.1. The molecule has 6 N–H and O–H groups in total. The first-order chi connectivity index (χ1) is 25.4. The van der Waals surface area contributed by atoms with Gasteiger partial charge < -0.3 is 31.1 Å². The smallest absolute Gasteiger partial charge is 0.406 e. The second-order valence-electron chi connectivity index (χ2n) is 12.5. The minimum absolute atomic E-state index is 0.0495. The number of amides is 1. The Morgan fingerprint density at radius 3 is 2.13 bits per heavy atom. The first-order valence-electron chi connectivity index (χ1n) is 16.2. The Hall–Kier alpha value is -5.44. The zero-order valence-corrected chi connectivity index (χ0v) is 30.2. The molecule has 0 aliphatic carbocycles. The van der Waals surface area contributed by atoms with Gasteiger partial charge in [-0.2, -0.15) is 23.4 Å². The van der Waals surface area contributed by atoms with Crippen molar-refractivity contribution in [2.24, 2.45) is 21.2 Å². The van der Waals surface area contributed by atoms with E-state index >= 15 is 0 Å². The monoisotopic (exact) mass is 790 g/mol. The summed E-state index contributed by atoms with van der Waals surface area (Å²) in [5.41, 5.74) is 5.06. The van der Waals surface area contributed by atoms with Crippen LogP contribution in [0.15, 0.2) is 51.3 Å². The molecule has 21 heteroatoms. The van der Waals surface area contributed by atoms with E-state index in [9.17, 15) is 54.9 Å². The molecule has 2 unspecified atom stereocenters. The Balaban J connectivity index is 0.000000295. The predicted molar refractivity (Wildman–Crippen MR) is 184 cm³/mol. The van der Waals surface area contributed by atoms with E-state index in [1.165, 1.54) is 45.0 Å². The van der Waals surface area contributed by atoms with Crippen molar-refractivity contribution in [3.63, 3.8) is 0 Å². The first kappa shape index (κ1) is 44.0. The van der Waals surface area contributed by atoms with Gasteiger partial charge >= 0.3 is 12.5 Å². The molecule has 0 spiro atoms. The third-order valence-electron chi connectivity index (χ3n) is 8.06. The molecule has 2 aromatic carbocycles. The molecule has 0 aliphatic rings. The molecule has 13 nitrogen and oxygen atoms in total. The molecule has 0 bridgehead atoms. The molecule has 0 saturated heterocycles. The van der Waals surface area contributed by atoms with Crippen LogP contribution in [0.25, 0.3) is 11.0 Å². The number of H-pyrrole nitrogens is 1. The number of ether oxygens (including phenoxy) is 1. The van der Waals surface area contributed by atoms with Gasteiger partial charge in [0.1, 0.15) is 34.3 Å². The van der Waals surface area contributed by atoms with Gasteiger partial charge in [-0.25, -0.2) is 23.4 Å². The number of carbonyl (C=O) groups is 1. The number of aliphatic hydroxyl groups is 2. The predicted octanol–water partition coefficient (Wildman–Crippen LogP) is 5.73. The maximum Gasteiger partial charge on any atom is 0.573 e. The molecular formula is C34H38F8N8O5. The van der Waals surface area contributed by atoms with E-state index in [-0.39, 0.29) is 58.0 Å². The number of aliphatic hydroxyl groups excluding tert-OH is 2. The summed E-state index contributed by atoms with van der Waals surface area (Å²) in [4.78, 5) is 34.5. The molecule has 4 rings (SSSR count). The van der Waals surface area contributed by atoms with E-state index < -0.39 is 71.4 Å². The van der Waals surface area contributed by atoms with Crippen molar-refractivity contribution in [3.8, 4) is 5.75 Å². The van der Waals surface area contributed by atoms with Crippen molar-refractivity contribution >= 4 is 28.5 Å². The summed E-state index contributed by atoms with van der Waals surface area (Å²) >= 11 is 0. The lowest BCUT2D eigenvalue weighted by Crippen LogP contribution is -2.37. The zero-order valence-electron chi connectivity index (χ0n) is 30.2. The van der Waals surface area contributed by atoms with Crippen molar-refractivity contribution < 1.29 is 54.9 Å². The maximum absolute atomic E-state index is 14.3. The van der Waals surface area contributed by atoms with Crippen LogP contribution in [0, 0.1) is 24.0 Å². The van der Waals surface area contributed by atoms with E-state index in [4.69, 9.17) is 5.73 Å². The molecule has 0 radical (unpaired) electrons. The Morgan fingerprint density at radius 1 is 1.07 bits per heavy atom. The highest BCUT2D eigenvalue weighted by Gasteiger charge is 2.35. The van der Waals surface area contributed by atoms with E-state index in [1.54, 1.807) is 13.8 Å². The summed E-state index contributed by atoms with van der Waals surface area (Å²) in [7, 11) is 0. The highest BCUT2D eigenvalue weighted by atomic mass is 19.4. The lowest BCUT2D eigenvalue weighted by molar-refractivity contribution is -0.274. The van der Waals surface area contributed by atoms with Crippen molar-refractivity contribution in [1.29, 1.82) is 0 Å². The standard InChI is InChI=1S/C18H25F3N4O3.C16H13F5N4O2/c1-5-14(12-6-8-13(9-7-12)28-18(19,20)21)24-25-15(10-26)17(3,4)16(27)23-11(2)22;1-6(12-9(17)3-8(4-10(12)18)16(19,20)21)25-14-13(11(5-26)24-25)15(27)23-7(2)22-14/h6-9,14,24,26H,5,10H2,1-4H3,(H2,22,23,27);3-4,6,26H,5H2,1-2H3,(H,22,23,27)/b25-15-;. The zero-order chi connectivity index (χ0) is 41.6. The number of carbonyl (C=O) groups excluding carboxylic acids is 1. The van der Waals surface area contributed by atoms with Crippen LogP contribution in [-0.2, 0) is 17.6 Å². The van der Waals surface area contributed by atoms with Gasteiger partial charge in [0, 0.05) is 5.56 Å².